The summed E-state index contributed by atoms with van der Waals surface area (Å²) in [6.07, 6.45) is -0.497. The molecule has 0 aliphatic carbocycles. The Morgan fingerprint density at radius 1 is 1.59 bits per heavy atom. The van der Waals surface area contributed by atoms with Crippen LogP contribution in [0.2, 0.25) is 0 Å². The van der Waals surface area contributed by atoms with Gasteiger partial charge in [0.1, 0.15) is 5.75 Å². The van der Waals surface area contributed by atoms with Gasteiger partial charge in [-0.1, -0.05) is 6.07 Å². The highest BCUT2D eigenvalue weighted by Crippen LogP contribution is 2.28. The van der Waals surface area contributed by atoms with Gasteiger partial charge in [-0.3, -0.25) is 4.79 Å². The summed E-state index contributed by atoms with van der Waals surface area (Å²) in [5.74, 6) is 0.446. The number of carbonyl (C=O) groups excluding carboxylic acids is 2. The molecule has 1 aliphatic rings. The molecule has 1 aromatic carbocycles. The summed E-state index contributed by atoms with van der Waals surface area (Å²) >= 11 is 0. The van der Waals surface area contributed by atoms with Gasteiger partial charge in [-0.25, -0.2) is 4.79 Å². The number of nitrogens with one attached hydrogen (secondary N) is 2. The lowest BCUT2D eigenvalue weighted by Gasteiger charge is -2.18. The van der Waals surface area contributed by atoms with Crippen LogP contribution in [0, 0.1) is 0 Å². The third-order valence-corrected chi connectivity index (χ3v) is 2.30. The number of fused-ring (bicyclic) bond motifs is 1. The number of benzene rings is 1. The minimum Gasteiger partial charge on any atom is -0.482 e. The van der Waals surface area contributed by atoms with Gasteiger partial charge in [-0.15, -0.1) is 0 Å². The van der Waals surface area contributed by atoms with Crippen LogP contribution in [0.25, 0.3) is 0 Å². The van der Waals surface area contributed by atoms with E-state index in [2.05, 4.69) is 15.4 Å². The first-order valence-electron chi connectivity index (χ1n) is 5.06. The summed E-state index contributed by atoms with van der Waals surface area (Å²) in [4.78, 5) is 22.0. The van der Waals surface area contributed by atoms with Gasteiger partial charge >= 0.3 is 6.09 Å². The normalized spacial score (nSPS) is 13.1. The second-order valence-corrected chi connectivity index (χ2v) is 3.51. The Morgan fingerprint density at radius 3 is 3.18 bits per heavy atom. The molecule has 2 amide bonds. The van der Waals surface area contributed by atoms with E-state index in [-0.39, 0.29) is 12.5 Å². The summed E-state index contributed by atoms with van der Waals surface area (Å²) in [6.45, 7) is 0.364. The molecule has 2 N–H and O–H groups in total. The van der Waals surface area contributed by atoms with E-state index in [0.717, 1.165) is 5.56 Å². The molecule has 0 saturated heterocycles. The molecule has 0 atom stereocenters. The highest BCUT2D eigenvalue weighted by atomic mass is 16.5. The van der Waals surface area contributed by atoms with Gasteiger partial charge in [0, 0.05) is 6.54 Å². The van der Waals surface area contributed by atoms with Crippen molar-refractivity contribution >= 4 is 17.7 Å². The van der Waals surface area contributed by atoms with Gasteiger partial charge in [0.05, 0.1) is 12.8 Å². The molecule has 1 aromatic rings. The average Bonchev–Trinajstić information content (AvgIpc) is 2.35. The molecule has 6 nitrogen and oxygen atoms in total. The monoisotopic (exact) mass is 236 g/mol. The summed E-state index contributed by atoms with van der Waals surface area (Å²) in [5.41, 5.74) is 1.46. The van der Waals surface area contributed by atoms with Crippen LogP contribution in [0.15, 0.2) is 18.2 Å². The van der Waals surface area contributed by atoms with Crippen LogP contribution in [-0.4, -0.2) is 25.7 Å². The molecule has 2 rings (SSSR count). The van der Waals surface area contributed by atoms with Crippen molar-refractivity contribution in [2.75, 3.05) is 19.0 Å². The molecule has 1 aliphatic heterocycles. The number of amides is 2. The highest BCUT2D eigenvalue weighted by Gasteiger charge is 2.15. The Kier molecular flexibility index (Phi) is 3.13. The Labute approximate surface area is 97.9 Å². The summed E-state index contributed by atoms with van der Waals surface area (Å²) < 4.78 is 9.67. The van der Waals surface area contributed by atoms with Gasteiger partial charge in [0.2, 0.25) is 0 Å². The zero-order valence-corrected chi connectivity index (χ0v) is 9.28. The van der Waals surface area contributed by atoms with Crippen LogP contribution < -0.4 is 15.4 Å². The maximum atomic E-state index is 11.1. The quantitative estimate of drug-likeness (QED) is 0.799. The summed E-state index contributed by atoms with van der Waals surface area (Å²) in [6, 6.07) is 5.32. The van der Waals surface area contributed by atoms with Crippen LogP contribution >= 0.6 is 0 Å². The maximum Gasteiger partial charge on any atom is 0.407 e. The lowest BCUT2D eigenvalue weighted by molar-refractivity contribution is -0.118. The molecular weight excluding hydrogens is 224 g/mol. The van der Waals surface area contributed by atoms with E-state index in [1.807, 2.05) is 6.07 Å². The molecule has 0 unspecified atom stereocenters. The lowest BCUT2D eigenvalue weighted by atomic mass is 10.1. The Balaban J connectivity index is 2.07. The molecule has 0 aromatic heterocycles. The molecule has 0 saturated carbocycles. The fourth-order valence-corrected chi connectivity index (χ4v) is 1.49. The highest BCUT2D eigenvalue weighted by molar-refractivity contribution is 5.95. The minimum absolute atomic E-state index is 0.0345. The van der Waals surface area contributed by atoms with Crippen LogP contribution in [0.3, 0.4) is 0 Å². The number of rotatable bonds is 2. The van der Waals surface area contributed by atoms with Crippen molar-refractivity contribution in [1.29, 1.82) is 0 Å². The third kappa shape index (κ3) is 2.66. The van der Waals surface area contributed by atoms with Crippen LogP contribution in [-0.2, 0) is 16.1 Å². The Bertz CT molecular complexity index is 459. The van der Waals surface area contributed by atoms with E-state index in [1.165, 1.54) is 7.11 Å². The van der Waals surface area contributed by atoms with Gasteiger partial charge in [0.15, 0.2) is 6.61 Å². The van der Waals surface area contributed by atoms with E-state index in [9.17, 15) is 9.59 Å². The number of hydrogen-bond acceptors (Lipinski definition) is 4. The topological polar surface area (TPSA) is 76.7 Å². The Morgan fingerprint density at radius 2 is 2.41 bits per heavy atom. The number of anilines is 1. The predicted octanol–water partition coefficient (Wildman–Crippen LogP) is 0.874. The SMILES string of the molecule is COC(=O)NCc1ccc2c(c1)NC(=O)CO2. The predicted molar refractivity (Wildman–Crippen MR) is 59.8 cm³/mol. The first-order valence-corrected chi connectivity index (χ1v) is 5.06. The first kappa shape index (κ1) is 11.3. The minimum atomic E-state index is -0.497. The van der Waals surface area contributed by atoms with Crippen molar-refractivity contribution in [1.82, 2.24) is 5.32 Å². The fraction of sp³-hybridized carbons (Fsp3) is 0.273. The molecule has 0 fully saturated rings. The van der Waals surface area contributed by atoms with Gasteiger partial charge in [-0.2, -0.15) is 0 Å². The first-order chi connectivity index (χ1) is 8.19. The fourth-order valence-electron chi connectivity index (χ4n) is 1.49. The number of hydrogen-bond donors (Lipinski definition) is 2. The van der Waals surface area contributed by atoms with Crippen molar-refractivity contribution < 1.29 is 19.1 Å². The van der Waals surface area contributed by atoms with E-state index < -0.39 is 6.09 Å². The van der Waals surface area contributed by atoms with Crippen molar-refractivity contribution in [2.24, 2.45) is 0 Å². The van der Waals surface area contributed by atoms with Crippen molar-refractivity contribution in [3.8, 4) is 5.75 Å². The molecule has 1 heterocycles. The number of alkyl carbamates (subject to hydrolysis) is 1. The third-order valence-electron chi connectivity index (χ3n) is 2.30. The smallest absolute Gasteiger partial charge is 0.407 e. The molecule has 17 heavy (non-hydrogen) atoms. The van der Waals surface area contributed by atoms with Crippen LogP contribution in [0.5, 0.6) is 5.75 Å². The molecule has 90 valence electrons. The van der Waals surface area contributed by atoms with Crippen molar-refractivity contribution in [3.05, 3.63) is 23.8 Å². The summed E-state index contributed by atoms with van der Waals surface area (Å²) in [5, 5.41) is 5.25. The van der Waals surface area contributed by atoms with E-state index in [1.54, 1.807) is 12.1 Å². The number of carbonyl (C=O) groups is 2. The van der Waals surface area contributed by atoms with E-state index >= 15 is 0 Å². The van der Waals surface area contributed by atoms with Crippen LogP contribution in [0.1, 0.15) is 5.56 Å². The van der Waals surface area contributed by atoms with E-state index in [0.29, 0.717) is 18.0 Å². The lowest BCUT2D eigenvalue weighted by Crippen LogP contribution is -2.26. The maximum absolute atomic E-state index is 11.1. The van der Waals surface area contributed by atoms with Gasteiger partial charge in [-0.05, 0) is 17.7 Å². The second-order valence-electron chi connectivity index (χ2n) is 3.51. The molecule has 0 spiro atoms. The van der Waals surface area contributed by atoms with E-state index in [4.69, 9.17) is 4.74 Å². The zero-order valence-electron chi connectivity index (χ0n) is 9.28. The largest absolute Gasteiger partial charge is 0.482 e. The van der Waals surface area contributed by atoms with Crippen molar-refractivity contribution in [2.45, 2.75) is 6.54 Å². The average molecular weight is 236 g/mol. The molecular formula is C11H12N2O4. The Hall–Kier alpha value is -2.24. The number of ether oxygens (including phenoxy) is 2. The summed E-state index contributed by atoms with van der Waals surface area (Å²) in [7, 11) is 1.30. The molecule has 0 bridgehead atoms. The van der Waals surface area contributed by atoms with Crippen molar-refractivity contribution in [3.63, 3.8) is 0 Å². The van der Waals surface area contributed by atoms with Gasteiger partial charge in [0.25, 0.3) is 5.91 Å². The molecule has 6 heteroatoms. The van der Waals surface area contributed by atoms with Gasteiger partial charge < -0.3 is 20.1 Å². The van der Waals surface area contributed by atoms with Crippen LogP contribution in [0.4, 0.5) is 10.5 Å². The molecule has 0 radical (unpaired) electrons. The standard InChI is InChI=1S/C11H12N2O4/c1-16-11(15)12-5-7-2-3-9-8(4-7)13-10(14)6-17-9/h2-4H,5-6H2,1H3,(H,12,15)(H,13,14). The second kappa shape index (κ2) is 4.73. The zero-order chi connectivity index (χ0) is 12.3. The number of methoxy groups -OCH3 is 1.